The lowest BCUT2D eigenvalue weighted by molar-refractivity contribution is 0.476. The van der Waals surface area contributed by atoms with Crippen LogP contribution in [0, 0.1) is 0 Å². The fourth-order valence-electron chi connectivity index (χ4n) is 3.11. The summed E-state index contributed by atoms with van der Waals surface area (Å²) in [7, 11) is -3.66. The van der Waals surface area contributed by atoms with Crippen molar-refractivity contribution in [1.29, 1.82) is 0 Å². The van der Waals surface area contributed by atoms with Crippen LogP contribution in [0.1, 0.15) is 5.56 Å². The van der Waals surface area contributed by atoms with Crippen molar-refractivity contribution in [3.63, 3.8) is 0 Å². The highest BCUT2D eigenvalue weighted by Gasteiger charge is 2.30. The predicted octanol–water partition coefficient (Wildman–Crippen LogP) is 5.97. The average molecular weight is 493 g/mol. The van der Waals surface area contributed by atoms with Crippen LogP contribution in [0.3, 0.4) is 0 Å². The molecular formula is C20H15BrClN3O3S. The monoisotopic (exact) mass is 491 g/mol. The van der Waals surface area contributed by atoms with Gasteiger partial charge in [0, 0.05) is 11.0 Å². The summed E-state index contributed by atoms with van der Waals surface area (Å²) in [6, 6.07) is 16.8. The van der Waals surface area contributed by atoms with E-state index in [0.717, 1.165) is 11.3 Å². The second-order valence-electron chi connectivity index (χ2n) is 6.41. The maximum Gasteiger partial charge on any atom is 0.264 e. The third-order valence-electron chi connectivity index (χ3n) is 4.55. The second-order valence-corrected chi connectivity index (χ2v) is 9.59. The molecular weight excluding hydrogens is 478 g/mol. The average Bonchev–Trinajstić information content (AvgIpc) is 3.15. The van der Waals surface area contributed by atoms with Gasteiger partial charge in [-0.1, -0.05) is 45.7 Å². The molecule has 1 heterocycles. The van der Waals surface area contributed by atoms with Gasteiger partial charge >= 0.3 is 0 Å². The smallest absolute Gasteiger partial charge is 0.264 e. The number of phenolic OH excluding ortho intramolecular Hbond substituents is 1. The molecule has 148 valence electrons. The molecule has 1 aliphatic heterocycles. The molecule has 29 heavy (non-hydrogen) atoms. The molecule has 0 saturated carbocycles. The van der Waals surface area contributed by atoms with Crippen LogP contribution in [0.5, 0.6) is 5.75 Å². The molecule has 0 aliphatic carbocycles. The van der Waals surface area contributed by atoms with Gasteiger partial charge < -0.3 is 5.11 Å². The van der Waals surface area contributed by atoms with Gasteiger partial charge in [-0.2, -0.15) is 5.11 Å². The van der Waals surface area contributed by atoms with Crippen molar-refractivity contribution in [3.8, 4) is 5.75 Å². The van der Waals surface area contributed by atoms with Gasteiger partial charge in [0.1, 0.15) is 5.69 Å². The van der Waals surface area contributed by atoms with Crippen molar-refractivity contribution < 1.29 is 13.5 Å². The lowest BCUT2D eigenvalue weighted by Gasteiger charge is -2.19. The van der Waals surface area contributed by atoms with Crippen molar-refractivity contribution in [2.24, 2.45) is 10.2 Å². The van der Waals surface area contributed by atoms with Crippen LogP contribution in [0.2, 0.25) is 5.02 Å². The Balaban J connectivity index is 1.59. The number of rotatable bonds is 4. The SMILES string of the molecule is O=S(=O)(c1ccc(N=Nc2cc(Br)cc(Cl)c2O)cc1)N1CCc2ccccc21. The topological polar surface area (TPSA) is 82.3 Å². The minimum atomic E-state index is -3.66. The van der Waals surface area contributed by atoms with Gasteiger partial charge in [-0.25, -0.2) is 8.42 Å². The zero-order valence-electron chi connectivity index (χ0n) is 15.0. The number of hydrogen-bond donors (Lipinski definition) is 1. The zero-order chi connectivity index (χ0) is 20.6. The van der Waals surface area contributed by atoms with Gasteiger partial charge in [0.05, 0.1) is 21.3 Å². The number of halogens is 2. The number of fused-ring (bicyclic) bond motifs is 1. The minimum Gasteiger partial charge on any atom is -0.504 e. The van der Waals surface area contributed by atoms with Crippen molar-refractivity contribution in [2.45, 2.75) is 11.3 Å². The maximum absolute atomic E-state index is 13.0. The molecule has 0 spiro atoms. The Morgan fingerprint density at radius 2 is 1.76 bits per heavy atom. The summed E-state index contributed by atoms with van der Waals surface area (Å²) in [5.41, 5.74) is 2.39. The molecule has 9 heteroatoms. The summed E-state index contributed by atoms with van der Waals surface area (Å²) in [4.78, 5) is 0.182. The molecule has 1 aliphatic rings. The molecule has 0 fully saturated rings. The fourth-order valence-corrected chi connectivity index (χ4v) is 5.41. The van der Waals surface area contributed by atoms with Crippen molar-refractivity contribution >= 4 is 54.6 Å². The highest BCUT2D eigenvalue weighted by molar-refractivity contribution is 9.10. The van der Waals surface area contributed by atoms with E-state index >= 15 is 0 Å². The Labute approximate surface area is 181 Å². The first kappa shape index (κ1) is 19.9. The molecule has 0 bridgehead atoms. The van der Waals surface area contributed by atoms with Gasteiger partial charge in [0.25, 0.3) is 10.0 Å². The normalized spacial score (nSPS) is 13.8. The number of phenols is 1. The summed E-state index contributed by atoms with van der Waals surface area (Å²) in [6.07, 6.45) is 0.695. The molecule has 3 aromatic carbocycles. The zero-order valence-corrected chi connectivity index (χ0v) is 18.1. The van der Waals surface area contributed by atoms with Crippen molar-refractivity contribution in [3.05, 3.63) is 75.7 Å². The van der Waals surface area contributed by atoms with E-state index in [1.54, 1.807) is 24.3 Å². The van der Waals surface area contributed by atoms with Crippen LogP contribution >= 0.6 is 27.5 Å². The van der Waals surface area contributed by atoms with Gasteiger partial charge in [0.2, 0.25) is 0 Å². The van der Waals surface area contributed by atoms with Gasteiger partial charge in [-0.15, -0.1) is 5.11 Å². The summed E-state index contributed by atoms with van der Waals surface area (Å²) in [5.74, 6) is -0.175. The second kappa shape index (κ2) is 7.78. The Bertz CT molecular complexity index is 1210. The molecule has 0 atom stereocenters. The maximum atomic E-state index is 13.0. The molecule has 3 aromatic rings. The summed E-state index contributed by atoms with van der Waals surface area (Å²) in [5, 5.41) is 18.2. The number of nitrogens with zero attached hydrogens (tertiary/aromatic N) is 3. The van der Waals surface area contributed by atoms with Crippen LogP contribution in [-0.2, 0) is 16.4 Å². The van der Waals surface area contributed by atoms with Gasteiger partial charge in [-0.05, 0) is 54.4 Å². The Morgan fingerprint density at radius 1 is 1.03 bits per heavy atom. The van der Waals surface area contributed by atoms with E-state index in [-0.39, 0.29) is 21.4 Å². The van der Waals surface area contributed by atoms with Crippen LogP contribution in [0.4, 0.5) is 17.1 Å². The molecule has 1 N–H and O–H groups in total. The van der Waals surface area contributed by atoms with Crippen molar-refractivity contribution in [1.82, 2.24) is 0 Å². The van der Waals surface area contributed by atoms with Crippen LogP contribution in [0.15, 0.2) is 80.3 Å². The minimum absolute atomic E-state index is 0.153. The summed E-state index contributed by atoms with van der Waals surface area (Å²) >= 11 is 9.20. The third kappa shape index (κ3) is 3.88. The van der Waals surface area contributed by atoms with E-state index in [1.807, 2.05) is 24.3 Å². The standard InChI is InChI=1S/C20H15BrClN3O3S/c21-14-11-17(22)20(26)18(12-14)24-23-15-5-7-16(8-6-15)29(27,28)25-10-9-13-3-1-2-4-19(13)25/h1-8,11-12,26H,9-10H2. The largest absolute Gasteiger partial charge is 0.504 e. The molecule has 0 unspecified atom stereocenters. The number of anilines is 1. The Morgan fingerprint density at radius 3 is 2.52 bits per heavy atom. The van der Waals surface area contributed by atoms with Crippen LogP contribution < -0.4 is 4.31 Å². The molecule has 0 aromatic heterocycles. The predicted molar refractivity (Wildman–Crippen MR) is 116 cm³/mol. The fraction of sp³-hybridized carbons (Fsp3) is 0.100. The van der Waals surface area contributed by atoms with E-state index in [4.69, 9.17) is 11.6 Å². The van der Waals surface area contributed by atoms with E-state index in [9.17, 15) is 13.5 Å². The first-order chi connectivity index (χ1) is 13.9. The van der Waals surface area contributed by atoms with E-state index in [1.165, 1.54) is 16.4 Å². The van der Waals surface area contributed by atoms with E-state index in [0.29, 0.717) is 23.1 Å². The Kier molecular flexibility index (Phi) is 5.33. The molecule has 4 rings (SSSR count). The summed E-state index contributed by atoms with van der Waals surface area (Å²) < 4.78 is 28.1. The number of para-hydroxylation sites is 1. The van der Waals surface area contributed by atoms with E-state index in [2.05, 4.69) is 26.2 Å². The molecule has 0 saturated heterocycles. The van der Waals surface area contributed by atoms with E-state index < -0.39 is 10.0 Å². The lowest BCUT2D eigenvalue weighted by Crippen LogP contribution is -2.29. The third-order valence-corrected chi connectivity index (χ3v) is 7.12. The first-order valence-electron chi connectivity index (χ1n) is 8.67. The number of benzene rings is 3. The van der Waals surface area contributed by atoms with Crippen LogP contribution in [-0.4, -0.2) is 20.1 Å². The van der Waals surface area contributed by atoms with Crippen molar-refractivity contribution in [2.75, 3.05) is 10.8 Å². The van der Waals surface area contributed by atoms with Crippen LogP contribution in [0.25, 0.3) is 0 Å². The van der Waals surface area contributed by atoms with Gasteiger partial charge in [0.15, 0.2) is 5.75 Å². The molecule has 0 amide bonds. The molecule has 0 radical (unpaired) electrons. The highest BCUT2D eigenvalue weighted by atomic mass is 79.9. The lowest BCUT2D eigenvalue weighted by atomic mass is 10.2. The number of aromatic hydroxyl groups is 1. The number of azo groups is 1. The quantitative estimate of drug-likeness (QED) is 0.455. The first-order valence-corrected chi connectivity index (χ1v) is 11.3. The highest BCUT2D eigenvalue weighted by Crippen LogP contribution is 2.38. The summed E-state index contributed by atoms with van der Waals surface area (Å²) in [6.45, 7) is 0.423. The number of hydrogen-bond acceptors (Lipinski definition) is 5. The molecule has 6 nitrogen and oxygen atoms in total. The Hall–Kier alpha value is -2.42. The van der Waals surface area contributed by atoms with Gasteiger partial charge in [-0.3, -0.25) is 4.31 Å². The number of sulfonamides is 1.